The van der Waals surface area contributed by atoms with Crippen molar-refractivity contribution in [3.8, 4) is 0 Å². The first-order valence-electron chi connectivity index (χ1n) is 9.49. The van der Waals surface area contributed by atoms with E-state index in [1.54, 1.807) is 0 Å². The molecule has 2 heteroatoms. The first-order chi connectivity index (χ1) is 12.4. The quantitative estimate of drug-likeness (QED) is 0.297. The van der Waals surface area contributed by atoms with E-state index in [0.29, 0.717) is 12.3 Å². The summed E-state index contributed by atoms with van der Waals surface area (Å²) in [5.74, 6) is 0.717. The van der Waals surface area contributed by atoms with Crippen LogP contribution in [0, 0.1) is 6.92 Å². The maximum absolute atomic E-state index is 9.32. The van der Waals surface area contributed by atoms with Crippen molar-refractivity contribution in [2.45, 2.75) is 58.8 Å². The van der Waals surface area contributed by atoms with Gasteiger partial charge in [-0.25, -0.2) is 0 Å². The summed E-state index contributed by atoms with van der Waals surface area (Å²) in [5, 5.41) is 9.32. The largest absolute Gasteiger partial charge is 0.513 e. The van der Waals surface area contributed by atoms with Gasteiger partial charge >= 0.3 is 0 Å². The summed E-state index contributed by atoms with van der Waals surface area (Å²) in [6.07, 6.45) is 4.50. The van der Waals surface area contributed by atoms with Gasteiger partial charge in [0, 0.05) is 17.7 Å². The van der Waals surface area contributed by atoms with Gasteiger partial charge in [0.05, 0.1) is 5.76 Å². The molecule has 0 saturated carbocycles. The highest BCUT2D eigenvalue weighted by atomic mass is 32.1. The summed E-state index contributed by atoms with van der Waals surface area (Å²) in [6.45, 7) is 10.2. The SMILES string of the molecule is C=C(O)CCC[C@H](C)c1ccc(CC)cc1CC(=S)c1ccccc1C. The highest BCUT2D eigenvalue weighted by Gasteiger charge is 2.14. The first-order valence-corrected chi connectivity index (χ1v) is 9.90. The number of thiocarbonyl (C=S) groups is 1. The Balaban J connectivity index is 2.23. The zero-order valence-electron chi connectivity index (χ0n) is 16.2. The van der Waals surface area contributed by atoms with Crippen molar-refractivity contribution in [1.29, 1.82) is 0 Å². The Labute approximate surface area is 163 Å². The fraction of sp³-hybridized carbons (Fsp3) is 0.375. The molecule has 0 radical (unpaired) electrons. The molecule has 1 atom stereocenters. The number of hydrogen-bond donors (Lipinski definition) is 1. The molecular weight excluding hydrogens is 336 g/mol. The van der Waals surface area contributed by atoms with E-state index in [2.05, 4.69) is 69.8 Å². The molecule has 0 fully saturated rings. The summed E-state index contributed by atoms with van der Waals surface area (Å²) in [7, 11) is 0. The molecule has 138 valence electrons. The van der Waals surface area contributed by atoms with E-state index in [0.717, 1.165) is 30.5 Å². The van der Waals surface area contributed by atoms with E-state index in [9.17, 15) is 5.11 Å². The maximum atomic E-state index is 9.32. The molecule has 1 N–H and O–H groups in total. The second-order valence-electron chi connectivity index (χ2n) is 7.16. The Morgan fingerprint density at radius 3 is 2.58 bits per heavy atom. The molecule has 0 unspecified atom stereocenters. The van der Waals surface area contributed by atoms with Crippen LogP contribution in [0.5, 0.6) is 0 Å². The van der Waals surface area contributed by atoms with Gasteiger partial charge in [-0.1, -0.05) is 75.1 Å². The third-order valence-corrected chi connectivity index (χ3v) is 5.41. The zero-order chi connectivity index (χ0) is 19.1. The fourth-order valence-corrected chi connectivity index (χ4v) is 3.82. The van der Waals surface area contributed by atoms with Crippen LogP contribution in [0.2, 0.25) is 0 Å². The molecule has 26 heavy (non-hydrogen) atoms. The number of hydrogen-bond acceptors (Lipinski definition) is 2. The van der Waals surface area contributed by atoms with Crippen LogP contribution < -0.4 is 0 Å². The van der Waals surface area contributed by atoms with Crippen LogP contribution in [0.25, 0.3) is 0 Å². The Hall–Kier alpha value is -1.93. The molecule has 2 aromatic carbocycles. The highest BCUT2D eigenvalue weighted by molar-refractivity contribution is 7.80. The van der Waals surface area contributed by atoms with Gasteiger partial charge in [0.2, 0.25) is 0 Å². The lowest BCUT2D eigenvalue weighted by molar-refractivity contribution is 0.382. The molecule has 1 nitrogen and oxygen atoms in total. The van der Waals surface area contributed by atoms with Crippen molar-refractivity contribution in [2.75, 3.05) is 0 Å². The molecule has 0 amide bonds. The summed E-state index contributed by atoms with van der Waals surface area (Å²) >= 11 is 5.79. The lowest BCUT2D eigenvalue weighted by Gasteiger charge is -2.19. The van der Waals surface area contributed by atoms with E-state index in [-0.39, 0.29) is 5.76 Å². The third-order valence-electron chi connectivity index (χ3n) is 5.05. The minimum atomic E-state index is 0.277. The van der Waals surface area contributed by atoms with Crippen LogP contribution >= 0.6 is 12.2 Å². The summed E-state index contributed by atoms with van der Waals surface area (Å²) in [5.41, 5.74) is 6.49. The van der Waals surface area contributed by atoms with Crippen molar-refractivity contribution in [3.05, 3.63) is 82.6 Å². The molecule has 0 bridgehead atoms. The van der Waals surface area contributed by atoms with Gasteiger partial charge in [0.25, 0.3) is 0 Å². The van der Waals surface area contributed by atoms with Crippen LogP contribution in [-0.4, -0.2) is 9.97 Å². The van der Waals surface area contributed by atoms with Gasteiger partial charge in [-0.3, -0.25) is 0 Å². The predicted octanol–water partition coefficient (Wildman–Crippen LogP) is 6.86. The van der Waals surface area contributed by atoms with Crippen LogP contribution in [0.3, 0.4) is 0 Å². The monoisotopic (exact) mass is 366 g/mol. The molecule has 0 aromatic heterocycles. The zero-order valence-corrected chi connectivity index (χ0v) is 17.0. The van der Waals surface area contributed by atoms with Gasteiger partial charge in [0.15, 0.2) is 0 Å². The standard InChI is InChI=1S/C24H30OS/c1-5-20-13-14-22(17(2)10-8-11-19(4)25)21(15-20)16-24(26)23-12-7-6-9-18(23)3/h6-7,9,12-15,17,25H,4-5,8,10-11,16H2,1-3H3/t17-/m0/s1. The van der Waals surface area contributed by atoms with Crippen LogP contribution in [0.4, 0.5) is 0 Å². The van der Waals surface area contributed by atoms with Gasteiger partial charge in [-0.05, 0) is 59.9 Å². The average Bonchev–Trinajstić information content (AvgIpc) is 2.61. The molecule has 0 saturated heterocycles. The predicted molar refractivity (Wildman–Crippen MR) is 116 cm³/mol. The lowest BCUT2D eigenvalue weighted by atomic mass is 9.87. The van der Waals surface area contributed by atoms with Crippen molar-refractivity contribution >= 4 is 17.1 Å². The molecule has 0 aliphatic rings. The minimum Gasteiger partial charge on any atom is -0.513 e. The smallest absolute Gasteiger partial charge is 0.0851 e. The highest BCUT2D eigenvalue weighted by Crippen LogP contribution is 2.28. The van der Waals surface area contributed by atoms with Gasteiger partial charge in [-0.15, -0.1) is 0 Å². The lowest BCUT2D eigenvalue weighted by Crippen LogP contribution is -2.09. The summed E-state index contributed by atoms with van der Waals surface area (Å²) < 4.78 is 0. The number of benzene rings is 2. The van der Waals surface area contributed by atoms with E-state index in [4.69, 9.17) is 12.2 Å². The van der Waals surface area contributed by atoms with Crippen molar-refractivity contribution in [3.63, 3.8) is 0 Å². The van der Waals surface area contributed by atoms with E-state index < -0.39 is 0 Å². The fourth-order valence-electron chi connectivity index (χ4n) is 3.43. The van der Waals surface area contributed by atoms with Crippen molar-refractivity contribution < 1.29 is 5.11 Å². The number of aliphatic hydroxyl groups excluding tert-OH is 1. The van der Waals surface area contributed by atoms with E-state index >= 15 is 0 Å². The van der Waals surface area contributed by atoms with Crippen LogP contribution in [0.15, 0.2) is 54.8 Å². The topological polar surface area (TPSA) is 20.2 Å². The van der Waals surface area contributed by atoms with Crippen molar-refractivity contribution in [2.24, 2.45) is 0 Å². The minimum absolute atomic E-state index is 0.277. The molecule has 0 heterocycles. The average molecular weight is 367 g/mol. The van der Waals surface area contributed by atoms with E-state index in [1.165, 1.54) is 27.8 Å². The number of aliphatic hydroxyl groups is 1. The van der Waals surface area contributed by atoms with Gasteiger partial charge in [-0.2, -0.15) is 0 Å². The number of allylic oxidation sites excluding steroid dienone is 1. The second-order valence-corrected chi connectivity index (χ2v) is 7.65. The third kappa shape index (κ3) is 5.54. The van der Waals surface area contributed by atoms with Crippen molar-refractivity contribution in [1.82, 2.24) is 0 Å². The molecule has 2 aromatic rings. The second kappa shape index (κ2) is 9.68. The first kappa shape index (κ1) is 20.4. The Morgan fingerprint density at radius 1 is 1.19 bits per heavy atom. The molecule has 0 aliphatic heterocycles. The molecule has 2 rings (SSSR count). The Morgan fingerprint density at radius 2 is 1.92 bits per heavy atom. The summed E-state index contributed by atoms with van der Waals surface area (Å²) in [4.78, 5) is 1.01. The van der Waals surface area contributed by atoms with Crippen LogP contribution in [0.1, 0.15) is 66.8 Å². The molecule has 0 aliphatic carbocycles. The Kier molecular flexibility index (Phi) is 7.59. The molecular formula is C24H30OS. The number of aryl methyl sites for hydroxylation is 2. The number of rotatable bonds is 9. The maximum Gasteiger partial charge on any atom is 0.0851 e. The summed E-state index contributed by atoms with van der Waals surface area (Å²) in [6, 6.07) is 15.2. The van der Waals surface area contributed by atoms with Gasteiger partial charge < -0.3 is 5.11 Å². The molecule has 0 spiro atoms. The van der Waals surface area contributed by atoms with Gasteiger partial charge in [0.1, 0.15) is 0 Å². The Bertz CT molecular complexity index is 776. The normalized spacial score (nSPS) is 12.0. The van der Waals surface area contributed by atoms with E-state index in [1.807, 2.05) is 0 Å². The van der Waals surface area contributed by atoms with Crippen LogP contribution in [-0.2, 0) is 12.8 Å².